The third-order valence-corrected chi connectivity index (χ3v) is 7.69. The lowest BCUT2D eigenvalue weighted by Gasteiger charge is -2.28. The maximum absolute atomic E-state index is 11.5. The van der Waals surface area contributed by atoms with Crippen LogP contribution in [-0.4, -0.2) is 23.0 Å². The fraction of sp³-hybridized carbons (Fsp3) is 0.429. The van der Waals surface area contributed by atoms with Gasteiger partial charge in [0.05, 0.1) is 16.8 Å². The smallest absolute Gasteiger partial charge is 0.238 e. The molecule has 152 valence electrons. The van der Waals surface area contributed by atoms with Gasteiger partial charge in [-0.3, -0.25) is 0 Å². The molecule has 0 bridgehead atoms. The third kappa shape index (κ3) is 2.93. The van der Waals surface area contributed by atoms with Gasteiger partial charge in [-0.1, -0.05) is 31.9 Å². The van der Waals surface area contributed by atoms with E-state index < -0.39 is 10.0 Å². The molecule has 1 spiro atoms. The first-order valence-electron chi connectivity index (χ1n) is 10.1. The number of hydrogen-bond acceptors (Lipinski definition) is 5. The molecule has 29 heavy (non-hydrogen) atoms. The SMILES string of the molecule is CC1Cc2c(nc3ccnn3c2NCc2ccc(S(N)(=O)=O)cc2)C12CCCC2. The van der Waals surface area contributed by atoms with Gasteiger partial charge in [0.1, 0.15) is 5.82 Å². The second kappa shape index (κ2) is 6.53. The lowest BCUT2D eigenvalue weighted by molar-refractivity contribution is 0.316. The van der Waals surface area contributed by atoms with Crippen molar-refractivity contribution in [2.75, 3.05) is 5.32 Å². The number of nitrogens with one attached hydrogen (secondary N) is 1. The Bertz CT molecular complexity index is 1180. The Kier molecular flexibility index (Phi) is 4.18. The zero-order valence-corrected chi connectivity index (χ0v) is 17.2. The highest BCUT2D eigenvalue weighted by Crippen LogP contribution is 2.54. The number of nitrogens with two attached hydrogens (primary N) is 1. The van der Waals surface area contributed by atoms with Crippen molar-refractivity contribution in [1.29, 1.82) is 0 Å². The van der Waals surface area contributed by atoms with Gasteiger partial charge in [-0.15, -0.1) is 0 Å². The lowest BCUT2D eigenvalue weighted by atomic mass is 9.76. The Morgan fingerprint density at radius 1 is 1.21 bits per heavy atom. The van der Waals surface area contributed by atoms with Crippen molar-refractivity contribution < 1.29 is 8.42 Å². The van der Waals surface area contributed by atoms with Crippen LogP contribution < -0.4 is 10.5 Å². The van der Waals surface area contributed by atoms with Crippen molar-refractivity contribution in [3.8, 4) is 0 Å². The van der Waals surface area contributed by atoms with Gasteiger partial charge in [0.25, 0.3) is 0 Å². The zero-order valence-electron chi connectivity index (χ0n) is 16.4. The van der Waals surface area contributed by atoms with Gasteiger partial charge in [0.15, 0.2) is 5.65 Å². The molecule has 1 fully saturated rings. The molecule has 1 saturated carbocycles. The molecule has 1 unspecified atom stereocenters. The van der Waals surface area contributed by atoms with Crippen LogP contribution in [-0.2, 0) is 28.4 Å². The van der Waals surface area contributed by atoms with Gasteiger partial charge in [0.2, 0.25) is 10.0 Å². The monoisotopic (exact) mass is 411 g/mol. The normalized spacial score (nSPS) is 20.4. The molecule has 2 aliphatic carbocycles. The Morgan fingerprint density at radius 3 is 2.62 bits per heavy atom. The van der Waals surface area contributed by atoms with Crippen molar-refractivity contribution in [1.82, 2.24) is 14.6 Å². The third-order valence-electron chi connectivity index (χ3n) is 6.77. The number of aromatic nitrogens is 3. The average molecular weight is 412 g/mol. The number of primary sulfonamides is 1. The highest BCUT2D eigenvalue weighted by atomic mass is 32.2. The van der Waals surface area contributed by atoms with Crippen molar-refractivity contribution in [3.05, 3.63) is 53.3 Å². The summed E-state index contributed by atoms with van der Waals surface area (Å²) in [6, 6.07) is 8.62. The van der Waals surface area contributed by atoms with Crippen LogP contribution in [0.1, 0.15) is 49.4 Å². The molecule has 2 heterocycles. The highest BCUT2D eigenvalue weighted by Gasteiger charge is 2.48. The molecule has 2 aliphatic rings. The fourth-order valence-corrected chi connectivity index (χ4v) is 5.73. The van der Waals surface area contributed by atoms with Crippen LogP contribution in [0, 0.1) is 5.92 Å². The number of anilines is 1. The minimum atomic E-state index is -3.68. The van der Waals surface area contributed by atoms with Gasteiger partial charge in [-0.2, -0.15) is 9.61 Å². The molecule has 0 radical (unpaired) electrons. The predicted octanol–water partition coefficient (Wildman–Crippen LogP) is 2.99. The van der Waals surface area contributed by atoms with Crippen molar-refractivity contribution >= 4 is 21.5 Å². The highest BCUT2D eigenvalue weighted by molar-refractivity contribution is 7.89. The molecule has 0 amide bonds. The first-order chi connectivity index (χ1) is 13.9. The van der Waals surface area contributed by atoms with E-state index in [0.717, 1.165) is 23.4 Å². The van der Waals surface area contributed by atoms with Crippen LogP contribution in [0.25, 0.3) is 5.65 Å². The maximum Gasteiger partial charge on any atom is 0.238 e. The molecule has 1 atom stereocenters. The number of fused-ring (bicyclic) bond motifs is 3. The molecular weight excluding hydrogens is 386 g/mol. The van der Waals surface area contributed by atoms with E-state index in [1.165, 1.54) is 36.9 Å². The Hall–Kier alpha value is -2.45. The minimum absolute atomic E-state index is 0.123. The summed E-state index contributed by atoms with van der Waals surface area (Å²) in [6.07, 6.45) is 7.77. The summed E-state index contributed by atoms with van der Waals surface area (Å²) in [6.45, 7) is 2.92. The molecule has 0 saturated heterocycles. The van der Waals surface area contributed by atoms with Crippen LogP contribution >= 0.6 is 0 Å². The Morgan fingerprint density at radius 2 is 1.93 bits per heavy atom. The van der Waals surface area contributed by atoms with Crippen LogP contribution in [0.3, 0.4) is 0 Å². The fourth-order valence-electron chi connectivity index (χ4n) is 5.22. The van der Waals surface area contributed by atoms with Crippen LogP contribution in [0.15, 0.2) is 41.4 Å². The van der Waals surface area contributed by atoms with Gasteiger partial charge >= 0.3 is 0 Å². The first-order valence-corrected chi connectivity index (χ1v) is 11.7. The summed E-state index contributed by atoms with van der Waals surface area (Å²) in [5.74, 6) is 1.58. The molecule has 7 nitrogen and oxygen atoms in total. The number of sulfonamides is 1. The summed E-state index contributed by atoms with van der Waals surface area (Å²) < 4.78 is 24.8. The molecular formula is C21H25N5O2S. The quantitative estimate of drug-likeness (QED) is 0.687. The molecule has 5 rings (SSSR count). The molecule has 3 N–H and O–H groups in total. The van der Waals surface area contributed by atoms with E-state index in [9.17, 15) is 8.42 Å². The number of rotatable bonds is 4. The van der Waals surface area contributed by atoms with E-state index in [1.54, 1.807) is 30.5 Å². The van der Waals surface area contributed by atoms with Gasteiger partial charge in [-0.05, 0) is 42.9 Å². The largest absolute Gasteiger partial charge is 0.366 e. The Labute approximate surface area is 170 Å². The summed E-state index contributed by atoms with van der Waals surface area (Å²) in [5.41, 5.74) is 4.58. The minimum Gasteiger partial charge on any atom is -0.366 e. The number of nitrogens with zero attached hydrogens (tertiary/aromatic N) is 3. The zero-order chi connectivity index (χ0) is 20.2. The topological polar surface area (TPSA) is 102 Å². The molecule has 2 aromatic heterocycles. The summed E-state index contributed by atoms with van der Waals surface area (Å²) in [5, 5.41) is 13.2. The van der Waals surface area contributed by atoms with Crippen molar-refractivity contribution in [2.24, 2.45) is 11.1 Å². The summed E-state index contributed by atoms with van der Waals surface area (Å²) in [7, 11) is -3.68. The lowest BCUT2D eigenvalue weighted by Crippen LogP contribution is -2.27. The molecule has 8 heteroatoms. The molecule has 3 aromatic rings. The predicted molar refractivity (Wildman–Crippen MR) is 111 cm³/mol. The number of hydrogen-bond donors (Lipinski definition) is 2. The molecule has 1 aromatic carbocycles. The van der Waals surface area contributed by atoms with E-state index in [1.807, 2.05) is 10.6 Å². The molecule has 0 aliphatic heterocycles. The van der Waals surface area contributed by atoms with Crippen LogP contribution in [0.4, 0.5) is 5.82 Å². The van der Waals surface area contributed by atoms with E-state index in [0.29, 0.717) is 12.5 Å². The second-order valence-electron chi connectivity index (χ2n) is 8.40. The summed E-state index contributed by atoms with van der Waals surface area (Å²) in [4.78, 5) is 5.16. The summed E-state index contributed by atoms with van der Waals surface area (Å²) >= 11 is 0. The van der Waals surface area contributed by atoms with Crippen LogP contribution in [0.2, 0.25) is 0 Å². The second-order valence-corrected chi connectivity index (χ2v) is 9.96. The van der Waals surface area contributed by atoms with Crippen molar-refractivity contribution in [2.45, 2.75) is 55.9 Å². The first kappa shape index (κ1) is 18.6. The standard InChI is InChI=1S/C21H25N5O2S/c1-14-12-17-19(21(14)9-2-3-10-21)25-18-8-11-24-26(18)20(17)23-13-15-4-6-16(7-5-15)29(22,27)28/h4-8,11,14,23H,2-3,9-10,12-13H2,1H3,(H2,22,27,28). The maximum atomic E-state index is 11.5. The average Bonchev–Trinajstić information content (AvgIpc) is 3.41. The van der Waals surface area contributed by atoms with Crippen LogP contribution in [0.5, 0.6) is 0 Å². The van der Waals surface area contributed by atoms with E-state index in [2.05, 4.69) is 17.3 Å². The van der Waals surface area contributed by atoms with Gasteiger partial charge < -0.3 is 5.32 Å². The van der Waals surface area contributed by atoms with E-state index in [4.69, 9.17) is 10.1 Å². The van der Waals surface area contributed by atoms with E-state index in [-0.39, 0.29) is 10.3 Å². The van der Waals surface area contributed by atoms with Gasteiger partial charge in [-0.25, -0.2) is 18.5 Å². The van der Waals surface area contributed by atoms with E-state index >= 15 is 0 Å². The van der Waals surface area contributed by atoms with Gasteiger partial charge in [0, 0.05) is 23.6 Å². The van der Waals surface area contributed by atoms with Crippen molar-refractivity contribution in [3.63, 3.8) is 0 Å². The number of benzene rings is 1. The Balaban J connectivity index is 1.51.